The lowest BCUT2D eigenvalue weighted by Gasteiger charge is -2.05. The van der Waals surface area contributed by atoms with Crippen molar-refractivity contribution in [2.45, 2.75) is 0 Å². The standard InChI is InChI=1S/C12H10O2.H3O4P/c13-11-7-3-1-5-9(11)10-6-2-4-8-12(10)14;1-5(2,3)4/h1-8,13-14H;(H3,1,2,3,4). The van der Waals surface area contributed by atoms with E-state index < -0.39 is 7.82 Å². The van der Waals surface area contributed by atoms with Crippen LogP contribution in [0.25, 0.3) is 11.1 Å². The number of rotatable bonds is 1. The predicted molar refractivity (Wildman–Crippen MR) is 69.5 cm³/mol. The molecule has 0 unspecified atom stereocenters. The van der Waals surface area contributed by atoms with Crippen LogP contribution < -0.4 is 0 Å². The minimum atomic E-state index is -4.64. The van der Waals surface area contributed by atoms with E-state index in [2.05, 4.69) is 0 Å². The fourth-order valence-corrected chi connectivity index (χ4v) is 1.40. The molecule has 0 radical (unpaired) electrons. The summed E-state index contributed by atoms with van der Waals surface area (Å²) < 4.78 is 8.88. The summed E-state index contributed by atoms with van der Waals surface area (Å²) in [6.07, 6.45) is 0. The van der Waals surface area contributed by atoms with E-state index in [1.165, 1.54) is 0 Å². The quantitative estimate of drug-likeness (QED) is 0.510. The molecule has 0 saturated heterocycles. The molecule has 19 heavy (non-hydrogen) atoms. The van der Waals surface area contributed by atoms with E-state index in [1.54, 1.807) is 36.4 Å². The maximum atomic E-state index is 9.58. The number of phosphoric acid groups is 1. The van der Waals surface area contributed by atoms with Crippen molar-refractivity contribution < 1.29 is 29.5 Å². The van der Waals surface area contributed by atoms with E-state index in [1.807, 2.05) is 12.1 Å². The number of hydrogen-bond acceptors (Lipinski definition) is 3. The zero-order chi connectivity index (χ0) is 14.5. The molecule has 0 aliphatic heterocycles. The topological polar surface area (TPSA) is 118 Å². The van der Waals surface area contributed by atoms with E-state index in [-0.39, 0.29) is 11.5 Å². The van der Waals surface area contributed by atoms with E-state index in [0.717, 1.165) is 0 Å². The second-order valence-electron chi connectivity index (χ2n) is 3.55. The lowest BCUT2D eigenvalue weighted by molar-refractivity contribution is 0.275. The number of para-hydroxylation sites is 2. The summed E-state index contributed by atoms with van der Waals surface area (Å²) in [6.45, 7) is 0. The Morgan fingerprint density at radius 2 is 0.947 bits per heavy atom. The Morgan fingerprint density at radius 1 is 0.684 bits per heavy atom. The van der Waals surface area contributed by atoms with Crippen LogP contribution in [0.2, 0.25) is 0 Å². The van der Waals surface area contributed by atoms with Crippen LogP contribution in [0.3, 0.4) is 0 Å². The molecular formula is C12H13O6P. The molecule has 0 atom stereocenters. The second-order valence-corrected chi connectivity index (χ2v) is 4.57. The van der Waals surface area contributed by atoms with E-state index in [0.29, 0.717) is 11.1 Å². The number of phenolic OH excluding ortho intramolecular Hbond substituents is 2. The lowest BCUT2D eigenvalue weighted by Crippen LogP contribution is -1.79. The smallest absolute Gasteiger partial charge is 0.466 e. The van der Waals surface area contributed by atoms with Gasteiger partial charge in [0.1, 0.15) is 11.5 Å². The van der Waals surface area contributed by atoms with Gasteiger partial charge in [0.15, 0.2) is 0 Å². The van der Waals surface area contributed by atoms with Gasteiger partial charge in [0, 0.05) is 11.1 Å². The summed E-state index contributed by atoms with van der Waals surface area (Å²) in [5.74, 6) is 0.350. The molecule has 0 amide bonds. The van der Waals surface area contributed by atoms with Crippen molar-refractivity contribution in [3.63, 3.8) is 0 Å². The predicted octanol–water partition coefficient (Wildman–Crippen LogP) is 1.84. The fraction of sp³-hybridized carbons (Fsp3) is 0. The Labute approximate surface area is 109 Å². The Balaban J connectivity index is 0.000000312. The normalized spacial score (nSPS) is 10.5. The van der Waals surface area contributed by atoms with Gasteiger partial charge in [-0.1, -0.05) is 36.4 Å². The number of aromatic hydroxyl groups is 2. The highest BCUT2D eigenvalue weighted by Crippen LogP contribution is 2.34. The summed E-state index contributed by atoms with van der Waals surface area (Å²) in [7, 11) is -4.64. The molecule has 0 bridgehead atoms. The molecule has 0 saturated carbocycles. The van der Waals surface area contributed by atoms with Gasteiger partial charge in [-0.05, 0) is 12.1 Å². The van der Waals surface area contributed by atoms with Crippen molar-refractivity contribution in [1.29, 1.82) is 0 Å². The SMILES string of the molecule is O=P(O)(O)O.Oc1ccccc1-c1ccccc1O. The maximum Gasteiger partial charge on any atom is 0.466 e. The van der Waals surface area contributed by atoms with E-state index in [4.69, 9.17) is 19.2 Å². The first-order valence-corrected chi connectivity index (χ1v) is 6.70. The molecule has 2 aromatic carbocycles. The third-order valence-electron chi connectivity index (χ3n) is 2.10. The lowest BCUT2D eigenvalue weighted by atomic mass is 10.0. The van der Waals surface area contributed by atoms with Gasteiger partial charge >= 0.3 is 7.82 Å². The summed E-state index contributed by atoms with van der Waals surface area (Å²) >= 11 is 0. The first kappa shape index (κ1) is 15.2. The summed E-state index contributed by atoms with van der Waals surface area (Å²) in [5.41, 5.74) is 1.29. The third kappa shape index (κ3) is 5.54. The fourth-order valence-electron chi connectivity index (χ4n) is 1.40. The van der Waals surface area contributed by atoms with Crippen LogP contribution in [0.1, 0.15) is 0 Å². The minimum absolute atomic E-state index is 0.175. The summed E-state index contributed by atoms with van der Waals surface area (Å²) in [4.78, 5) is 21.6. The first-order valence-electron chi connectivity index (χ1n) is 5.13. The number of hydrogen-bond donors (Lipinski definition) is 5. The zero-order valence-corrected chi connectivity index (χ0v) is 10.6. The molecular weight excluding hydrogens is 271 g/mol. The molecule has 7 heteroatoms. The van der Waals surface area contributed by atoms with Gasteiger partial charge in [-0.25, -0.2) is 4.57 Å². The van der Waals surface area contributed by atoms with Gasteiger partial charge in [0.2, 0.25) is 0 Å². The average Bonchev–Trinajstić information content (AvgIpc) is 2.29. The van der Waals surface area contributed by atoms with Gasteiger partial charge in [0.25, 0.3) is 0 Å². The number of benzene rings is 2. The Kier molecular flexibility index (Phi) is 5.09. The van der Waals surface area contributed by atoms with Gasteiger partial charge in [0.05, 0.1) is 0 Å². The highest BCUT2D eigenvalue weighted by atomic mass is 31.2. The van der Waals surface area contributed by atoms with Crippen LogP contribution in [0, 0.1) is 0 Å². The molecule has 6 nitrogen and oxygen atoms in total. The Hall–Kier alpha value is -1.85. The Morgan fingerprint density at radius 3 is 1.21 bits per heavy atom. The van der Waals surface area contributed by atoms with Gasteiger partial charge in [-0.2, -0.15) is 0 Å². The van der Waals surface area contributed by atoms with Gasteiger partial charge < -0.3 is 24.9 Å². The summed E-state index contributed by atoms with van der Waals surface area (Å²) in [5, 5.41) is 19.2. The van der Waals surface area contributed by atoms with Crippen LogP contribution in [-0.4, -0.2) is 24.9 Å². The minimum Gasteiger partial charge on any atom is -0.507 e. The van der Waals surface area contributed by atoms with Crippen molar-refractivity contribution >= 4 is 7.82 Å². The Bertz CT molecular complexity index is 541. The van der Waals surface area contributed by atoms with Crippen molar-refractivity contribution in [3.8, 4) is 22.6 Å². The monoisotopic (exact) mass is 284 g/mol. The molecule has 0 aromatic heterocycles. The molecule has 0 heterocycles. The molecule has 0 aliphatic rings. The molecule has 0 fully saturated rings. The zero-order valence-electron chi connectivity index (χ0n) is 9.71. The largest absolute Gasteiger partial charge is 0.507 e. The summed E-state index contributed by atoms with van der Waals surface area (Å²) in [6, 6.07) is 13.9. The molecule has 2 rings (SSSR count). The highest BCUT2D eigenvalue weighted by Gasteiger charge is 2.06. The van der Waals surface area contributed by atoms with Crippen LogP contribution >= 0.6 is 7.82 Å². The highest BCUT2D eigenvalue weighted by molar-refractivity contribution is 7.45. The van der Waals surface area contributed by atoms with E-state index in [9.17, 15) is 10.2 Å². The van der Waals surface area contributed by atoms with Crippen molar-refractivity contribution in [1.82, 2.24) is 0 Å². The second kappa shape index (κ2) is 6.36. The molecule has 0 spiro atoms. The molecule has 102 valence electrons. The molecule has 5 N–H and O–H groups in total. The maximum absolute atomic E-state index is 9.58. The van der Waals surface area contributed by atoms with Crippen LogP contribution in [0.5, 0.6) is 11.5 Å². The average molecular weight is 284 g/mol. The van der Waals surface area contributed by atoms with Crippen LogP contribution in [0.4, 0.5) is 0 Å². The van der Waals surface area contributed by atoms with Crippen molar-refractivity contribution in [2.24, 2.45) is 0 Å². The van der Waals surface area contributed by atoms with E-state index >= 15 is 0 Å². The van der Waals surface area contributed by atoms with Gasteiger partial charge in [-0.3, -0.25) is 0 Å². The molecule has 0 aliphatic carbocycles. The first-order chi connectivity index (χ1) is 8.79. The van der Waals surface area contributed by atoms with Crippen LogP contribution in [0.15, 0.2) is 48.5 Å². The van der Waals surface area contributed by atoms with Crippen molar-refractivity contribution in [3.05, 3.63) is 48.5 Å². The van der Waals surface area contributed by atoms with Gasteiger partial charge in [-0.15, -0.1) is 0 Å². The third-order valence-corrected chi connectivity index (χ3v) is 2.10. The van der Waals surface area contributed by atoms with Crippen molar-refractivity contribution in [2.75, 3.05) is 0 Å². The number of phenols is 2. The van der Waals surface area contributed by atoms with Crippen LogP contribution in [-0.2, 0) is 4.57 Å². The molecule has 2 aromatic rings.